The number of carbonyl (C=O) groups is 1. The van der Waals surface area contributed by atoms with Crippen molar-refractivity contribution in [3.63, 3.8) is 0 Å². The van der Waals surface area contributed by atoms with E-state index in [4.69, 9.17) is 0 Å². The summed E-state index contributed by atoms with van der Waals surface area (Å²) < 4.78 is 1.91. The number of nitro benzene ring substituents is 1. The molecule has 1 aliphatic heterocycles. The zero-order valence-corrected chi connectivity index (χ0v) is 17.2. The van der Waals surface area contributed by atoms with E-state index >= 15 is 0 Å². The van der Waals surface area contributed by atoms with Crippen LogP contribution in [0.3, 0.4) is 0 Å². The molecule has 3 rings (SSSR count). The lowest BCUT2D eigenvalue weighted by molar-refractivity contribution is -0.384. The number of piperidine rings is 1. The van der Waals surface area contributed by atoms with E-state index in [1.165, 1.54) is 6.07 Å². The highest BCUT2D eigenvalue weighted by molar-refractivity contribution is 5.95. The molecular formula is C20H28N6O3. The fourth-order valence-electron chi connectivity index (χ4n) is 4.06. The van der Waals surface area contributed by atoms with Crippen LogP contribution < -0.4 is 10.2 Å². The van der Waals surface area contributed by atoms with Crippen LogP contribution in [-0.2, 0) is 13.0 Å². The molecule has 2 aromatic rings. The molecule has 29 heavy (non-hydrogen) atoms. The molecule has 2 atom stereocenters. The van der Waals surface area contributed by atoms with Crippen molar-refractivity contribution in [1.82, 2.24) is 20.1 Å². The van der Waals surface area contributed by atoms with Crippen LogP contribution in [0.2, 0.25) is 0 Å². The molecular weight excluding hydrogens is 372 g/mol. The van der Waals surface area contributed by atoms with Gasteiger partial charge in [-0.2, -0.15) is 0 Å². The largest absolute Gasteiger partial charge is 0.365 e. The van der Waals surface area contributed by atoms with Crippen LogP contribution in [0, 0.1) is 22.0 Å². The van der Waals surface area contributed by atoms with Crippen LogP contribution >= 0.6 is 0 Å². The first-order valence-electron chi connectivity index (χ1n) is 10.1. The Morgan fingerprint density at radius 3 is 2.69 bits per heavy atom. The maximum absolute atomic E-state index is 12.5. The van der Waals surface area contributed by atoms with E-state index in [0.29, 0.717) is 30.5 Å². The molecule has 0 spiro atoms. The minimum Gasteiger partial charge on any atom is -0.365 e. The highest BCUT2D eigenvalue weighted by Gasteiger charge is 2.27. The molecule has 0 aliphatic carbocycles. The number of nitrogens with one attached hydrogen (secondary N) is 1. The first kappa shape index (κ1) is 20.8. The quantitative estimate of drug-likeness (QED) is 0.566. The fraction of sp³-hybridized carbons (Fsp3) is 0.550. The Morgan fingerprint density at radius 2 is 2.03 bits per heavy atom. The van der Waals surface area contributed by atoms with Gasteiger partial charge < -0.3 is 14.8 Å². The van der Waals surface area contributed by atoms with Gasteiger partial charge in [0.2, 0.25) is 0 Å². The molecule has 1 aromatic heterocycles. The maximum atomic E-state index is 12.5. The standard InChI is InChI=1S/C20H28N6O3/c1-4-24-13-22-23-19(24)7-8-21-20(27)16-5-6-17(18(10-16)26(28)29)25-11-14(2)9-15(3)12-25/h5-6,10,13-15H,4,7-9,11-12H2,1-3H3,(H,21,27). The van der Waals surface area contributed by atoms with Gasteiger partial charge in [0.1, 0.15) is 17.8 Å². The zero-order chi connectivity index (χ0) is 21.0. The lowest BCUT2D eigenvalue weighted by Gasteiger charge is -2.36. The Hall–Kier alpha value is -2.97. The lowest BCUT2D eigenvalue weighted by atomic mass is 9.91. The van der Waals surface area contributed by atoms with E-state index < -0.39 is 4.92 Å². The van der Waals surface area contributed by atoms with Gasteiger partial charge in [-0.1, -0.05) is 13.8 Å². The summed E-state index contributed by atoms with van der Waals surface area (Å²) >= 11 is 0. The molecule has 2 heterocycles. The SMILES string of the molecule is CCn1cnnc1CCNC(=O)c1ccc(N2CC(C)CC(C)C2)c([N+](=O)[O-])c1. The topological polar surface area (TPSA) is 106 Å². The minimum atomic E-state index is -0.403. The Morgan fingerprint density at radius 1 is 1.31 bits per heavy atom. The van der Waals surface area contributed by atoms with E-state index in [0.717, 1.165) is 31.9 Å². The Kier molecular flexibility index (Phi) is 6.46. The van der Waals surface area contributed by atoms with Crippen LogP contribution in [0.1, 0.15) is 43.4 Å². The molecule has 2 unspecified atom stereocenters. The summed E-state index contributed by atoms with van der Waals surface area (Å²) in [5.74, 6) is 1.42. The summed E-state index contributed by atoms with van der Waals surface area (Å²) in [6.07, 6.45) is 3.32. The molecule has 1 fully saturated rings. The number of hydrogen-bond donors (Lipinski definition) is 1. The molecule has 156 valence electrons. The number of aromatic nitrogens is 3. The summed E-state index contributed by atoms with van der Waals surface area (Å²) in [6.45, 7) is 9.04. The third-order valence-electron chi connectivity index (χ3n) is 5.31. The number of carbonyl (C=O) groups excluding carboxylic acids is 1. The number of hydrogen-bond acceptors (Lipinski definition) is 6. The van der Waals surface area contributed by atoms with Crippen molar-refractivity contribution in [3.8, 4) is 0 Å². The van der Waals surface area contributed by atoms with Crippen molar-refractivity contribution in [1.29, 1.82) is 0 Å². The first-order chi connectivity index (χ1) is 13.9. The van der Waals surface area contributed by atoms with Crippen LogP contribution in [0.25, 0.3) is 0 Å². The van der Waals surface area contributed by atoms with Gasteiger partial charge in [0, 0.05) is 44.2 Å². The Balaban J connectivity index is 1.70. The number of nitro groups is 1. The van der Waals surface area contributed by atoms with Crippen LogP contribution in [0.15, 0.2) is 24.5 Å². The van der Waals surface area contributed by atoms with E-state index in [-0.39, 0.29) is 17.2 Å². The summed E-state index contributed by atoms with van der Waals surface area (Å²) in [6, 6.07) is 4.74. The molecule has 9 heteroatoms. The van der Waals surface area contributed by atoms with Crippen molar-refractivity contribution in [3.05, 3.63) is 46.0 Å². The summed E-state index contributed by atoms with van der Waals surface area (Å²) in [5, 5.41) is 22.4. The molecule has 0 saturated carbocycles. The normalized spacial score (nSPS) is 19.2. The van der Waals surface area contributed by atoms with Crippen LogP contribution in [-0.4, -0.2) is 45.2 Å². The number of amides is 1. The Bertz CT molecular complexity index is 871. The average Bonchev–Trinajstić information content (AvgIpc) is 3.14. The third-order valence-corrected chi connectivity index (χ3v) is 5.31. The van der Waals surface area contributed by atoms with E-state index in [2.05, 4.69) is 34.3 Å². The number of benzene rings is 1. The highest BCUT2D eigenvalue weighted by atomic mass is 16.6. The predicted molar refractivity (Wildman–Crippen MR) is 110 cm³/mol. The van der Waals surface area contributed by atoms with Crippen LogP contribution in [0.5, 0.6) is 0 Å². The van der Waals surface area contributed by atoms with Crippen LogP contribution in [0.4, 0.5) is 11.4 Å². The molecule has 1 aromatic carbocycles. The van der Waals surface area contributed by atoms with Gasteiger partial charge >= 0.3 is 0 Å². The maximum Gasteiger partial charge on any atom is 0.293 e. The number of nitrogens with zero attached hydrogens (tertiary/aromatic N) is 5. The van der Waals surface area contributed by atoms with Gasteiger partial charge in [-0.05, 0) is 37.3 Å². The van der Waals surface area contributed by atoms with Crippen molar-refractivity contribution in [2.45, 2.75) is 40.2 Å². The number of anilines is 1. The third kappa shape index (κ3) is 4.90. The summed E-state index contributed by atoms with van der Waals surface area (Å²) in [5.41, 5.74) is 0.848. The van der Waals surface area contributed by atoms with E-state index in [1.807, 2.05) is 11.5 Å². The number of rotatable bonds is 7. The van der Waals surface area contributed by atoms with Gasteiger partial charge in [0.15, 0.2) is 0 Å². The van der Waals surface area contributed by atoms with Crippen molar-refractivity contribution in [2.24, 2.45) is 11.8 Å². The molecule has 1 amide bonds. The second-order valence-electron chi connectivity index (χ2n) is 7.85. The monoisotopic (exact) mass is 400 g/mol. The van der Waals surface area contributed by atoms with Gasteiger partial charge in [-0.25, -0.2) is 0 Å². The average molecular weight is 400 g/mol. The highest BCUT2D eigenvalue weighted by Crippen LogP contribution is 2.33. The molecule has 0 bridgehead atoms. The summed E-state index contributed by atoms with van der Waals surface area (Å²) in [4.78, 5) is 25.8. The van der Waals surface area contributed by atoms with Gasteiger partial charge in [-0.3, -0.25) is 14.9 Å². The molecule has 9 nitrogen and oxygen atoms in total. The second kappa shape index (κ2) is 9.02. The van der Waals surface area contributed by atoms with E-state index in [1.54, 1.807) is 18.5 Å². The van der Waals surface area contributed by atoms with Crippen molar-refractivity contribution < 1.29 is 9.72 Å². The smallest absolute Gasteiger partial charge is 0.293 e. The predicted octanol–water partition coefficient (Wildman–Crippen LogP) is 2.66. The molecule has 1 aliphatic rings. The molecule has 1 saturated heterocycles. The second-order valence-corrected chi connectivity index (χ2v) is 7.85. The molecule has 0 radical (unpaired) electrons. The lowest BCUT2D eigenvalue weighted by Crippen LogP contribution is -2.39. The van der Waals surface area contributed by atoms with Gasteiger partial charge in [0.25, 0.3) is 11.6 Å². The fourth-order valence-corrected chi connectivity index (χ4v) is 4.06. The van der Waals surface area contributed by atoms with Crippen molar-refractivity contribution in [2.75, 3.05) is 24.5 Å². The first-order valence-corrected chi connectivity index (χ1v) is 10.1. The van der Waals surface area contributed by atoms with Gasteiger partial charge in [0.05, 0.1) is 4.92 Å². The zero-order valence-electron chi connectivity index (χ0n) is 17.2. The number of aryl methyl sites for hydroxylation is 1. The van der Waals surface area contributed by atoms with Gasteiger partial charge in [-0.15, -0.1) is 10.2 Å². The summed E-state index contributed by atoms with van der Waals surface area (Å²) in [7, 11) is 0. The minimum absolute atomic E-state index is 0.0234. The van der Waals surface area contributed by atoms with E-state index in [9.17, 15) is 14.9 Å². The molecule has 1 N–H and O–H groups in total. The van der Waals surface area contributed by atoms with Crippen molar-refractivity contribution >= 4 is 17.3 Å². The Labute approximate surface area is 170 Å².